The zero-order chi connectivity index (χ0) is 24.2. The number of rotatable bonds is 15. The molecule has 1 N–H and O–H groups in total. The molecule has 6 heteroatoms. The van der Waals surface area contributed by atoms with E-state index in [1.165, 1.54) is 49.9 Å². The van der Waals surface area contributed by atoms with E-state index in [1.807, 2.05) is 6.08 Å². The minimum Gasteiger partial charge on any atom is -0.484 e. The fraction of sp³-hybridized carbons (Fsp3) is 0.500. The van der Waals surface area contributed by atoms with Gasteiger partial charge in [-0.1, -0.05) is 56.7 Å². The van der Waals surface area contributed by atoms with Gasteiger partial charge in [0.2, 0.25) is 0 Å². The summed E-state index contributed by atoms with van der Waals surface area (Å²) in [5, 5.41) is 9.94. The lowest BCUT2D eigenvalue weighted by atomic mass is 10.0. The minimum absolute atomic E-state index is 0.260. The molecule has 34 heavy (non-hydrogen) atoms. The highest BCUT2D eigenvalue weighted by molar-refractivity contribution is 5.25. The topological polar surface area (TPSA) is 47.9 Å². The molecule has 0 unspecified atom stereocenters. The second-order valence-corrected chi connectivity index (χ2v) is 8.82. The van der Waals surface area contributed by atoms with Gasteiger partial charge >= 0.3 is 0 Å². The number of halogens is 2. The number of allylic oxidation sites excluding steroid dienone is 1. The number of ether oxygens (including phenoxy) is 3. The number of aliphatic hydroxyl groups is 1. The van der Waals surface area contributed by atoms with Crippen LogP contribution in [0.25, 0.3) is 0 Å². The Morgan fingerprint density at radius 1 is 0.794 bits per heavy atom. The van der Waals surface area contributed by atoms with Crippen molar-refractivity contribution < 1.29 is 28.1 Å². The predicted octanol–water partition coefficient (Wildman–Crippen LogP) is 6.62. The Balaban J connectivity index is 1.61. The molecular weight excluding hydrogens is 438 g/mol. The Labute approximate surface area is 201 Å². The van der Waals surface area contributed by atoms with Crippen molar-refractivity contribution in [3.63, 3.8) is 0 Å². The van der Waals surface area contributed by atoms with Gasteiger partial charge in [0.1, 0.15) is 29.2 Å². The smallest absolute Gasteiger partial charge is 0.166 e. The van der Waals surface area contributed by atoms with Gasteiger partial charge in [0.05, 0.1) is 12.7 Å². The highest BCUT2D eigenvalue weighted by Crippen LogP contribution is 2.32. The number of benzene rings is 2. The van der Waals surface area contributed by atoms with Gasteiger partial charge in [-0.3, -0.25) is 0 Å². The van der Waals surface area contributed by atoms with E-state index in [0.717, 1.165) is 32.1 Å². The fourth-order valence-corrected chi connectivity index (χ4v) is 4.38. The molecule has 0 saturated carbocycles. The maximum absolute atomic E-state index is 13.8. The molecule has 1 fully saturated rings. The summed E-state index contributed by atoms with van der Waals surface area (Å²) in [6.07, 6.45) is 9.65. The first-order valence-corrected chi connectivity index (χ1v) is 12.3. The molecule has 3 rings (SSSR count). The van der Waals surface area contributed by atoms with Gasteiger partial charge in [-0.15, -0.1) is 6.58 Å². The normalized spacial score (nSPS) is 22.0. The minimum atomic E-state index is -0.662. The molecule has 0 spiro atoms. The maximum atomic E-state index is 13.8. The van der Waals surface area contributed by atoms with E-state index in [9.17, 15) is 13.9 Å². The molecule has 0 bridgehead atoms. The lowest BCUT2D eigenvalue weighted by Gasteiger charge is -2.26. The predicted molar refractivity (Wildman–Crippen MR) is 129 cm³/mol. The van der Waals surface area contributed by atoms with Crippen LogP contribution < -0.4 is 9.47 Å². The highest BCUT2D eigenvalue weighted by atomic mass is 19.1. The fourth-order valence-electron chi connectivity index (χ4n) is 4.38. The van der Waals surface area contributed by atoms with E-state index >= 15 is 0 Å². The van der Waals surface area contributed by atoms with Gasteiger partial charge in [0.25, 0.3) is 0 Å². The van der Waals surface area contributed by atoms with Gasteiger partial charge in [-0.2, -0.15) is 0 Å². The Morgan fingerprint density at radius 3 is 1.85 bits per heavy atom. The van der Waals surface area contributed by atoms with Crippen molar-refractivity contribution >= 4 is 0 Å². The van der Waals surface area contributed by atoms with E-state index in [1.54, 1.807) is 24.3 Å². The summed E-state index contributed by atoms with van der Waals surface area (Å²) in [6.45, 7) is 3.50. The van der Waals surface area contributed by atoms with Crippen molar-refractivity contribution in [3.05, 3.63) is 72.8 Å². The second kappa shape index (κ2) is 14.1. The molecule has 1 saturated heterocycles. The van der Waals surface area contributed by atoms with Crippen molar-refractivity contribution in [1.82, 2.24) is 0 Å². The quantitative estimate of drug-likeness (QED) is 0.233. The van der Waals surface area contributed by atoms with Crippen LogP contribution in [-0.4, -0.2) is 36.1 Å². The standard InChI is InChI=1S/C28H36F2O4/c1-2-3-4-5-6-7-8-9-10-17-25-27(32-23-15-11-13-21(29)18-23)28(26(20-31)34-25)33-24-16-12-14-22(30)19-24/h2,11-16,18-19,25-28,31H,1,3-10,17,20H2/t25-,26+,27+,28+/m0/s1. The highest BCUT2D eigenvalue weighted by Gasteiger charge is 2.47. The molecular formula is C28H36F2O4. The maximum Gasteiger partial charge on any atom is 0.166 e. The summed E-state index contributed by atoms with van der Waals surface area (Å²) in [5.41, 5.74) is 0. The number of unbranched alkanes of at least 4 members (excludes halogenated alkanes) is 7. The van der Waals surface area contributed by atoms with Crippen LogP contribution in [0, 0.1) is 11.6 Å². The molecule has 1 heterocycles. The van der Waals surface area contributed by atoms with Crippen molar-refractivity contribution in [3.8, 4) is 11.5 Å². The Kier molecular flexibility index (Phi) is 10.8. The van der Waals surface area contributed by atoms with Gasteiger partial charge in [0.15, 0.2) is 12.2 Å². The van der Waals surface area contributed by atoms with Crippen LogP contribution in [0.4, 0.5) is 8.78 Å². The van der Waals surface area contributed by atoms with Crippen molar-refractivity contribution in [2.75, 3.05) is 6.61 Å². The summed E-state index contributed by atoms with van der Waals surface area (Å²) in [4.78, 5) is 0. The van der Waals surface area contributed by atoms with E-state index < -0.39 is 29.9 Å². The summed E-state index contributed by atoms with van der Waals surface area (Å²) in [6, 6.07) is 11.8. The zero-order valence-corrected chi connectivity index (χ0v) is 19.7. The Morgan fingerprint density at radius 2 is 1.32 bits per heavy atom. The van der Waals surface area contributed by atoms with Gasteiger partial charge < -0.3 is 19.3 Å². The third-order valence-electron chi connectivity index (χ3n) is 6.12. The van der Waals surface area contributed by atoms with Crippen LogP contribution in [-0.2, 0) is 4.74 Å². The molecule has 2 aromatic carbocycles. The van der Waals surface area contributed by atoms with E-state index in [0.29, 0.717) is 11.5 Å². The SMILES string of the molecule is C=CCCCCCCCCC[C@@H]1O[C@H](CO)[C@@H](Oc2cccc(F)c2)[C@@H]1Oc1cccc(F)c1. The summed E-state index contributed by atoms with van der Waals surface area (Å²) in [7, 11) is 0. The molecule has 0 aliphatic carbocycles. The summed E-state index contributed by atoms with van der Waals surface area (Å²) in [5.74, 6) is -0.121. The third kappa shape index (κ3) is 8.10. The Hall–Kier alpha value is -2.44. The number of aliphatic hydroxyl groups excluding tert-OH is 1. The molecule has 0 radical (unpaired) electrons. The van der Waals surface area contributed by atoms with Crippen LogP contribution in [0.3, 0.4) is 0 Å². The molecule has 1 aliphatic rings. The van der Waals surface area contributed by atoms with E-state index in [2.05, 4.69) is 6.58 Å². The molecule has 4 nitrogen and oxygen atoms in total. The molecule has 186 valence electrons. The van der Waals surface area contributed by atoms with Crippen LogP contribution in [0.2, 0.25) is 0 Å². The Bertz CT molecular complexity index is 875. The lowest BCUT2D eigenvalue weighted by molar-refractivity contribution is -0.0203. The summed E-state index contributed by atoms with van der Waals surface area (Å²) >= 11 is 0. The monoisotopic (exact) mass is 474 g/mol. The zero-order valence-electron chi connectivity index (χ0n) is 19.7. The first-order chi connectivity index (χ1) is 16.6. The number of hydrogen-bond acceptors (Lipinski definition) is 4. The summed E-state index contributed by atoms with van der Waals surface area (Å²) < 4.78 is 45.8. The molecule has 0 amide bonds. The van der Waals surface area contributed by atoms with Crippen molar-refractivity contribution in [1.29, 1.82) is 0 Å². The van der Waals surface area contributed by atoms with Crippen molar-refractivity contribution in [2.24, 2.45) is 0 Å². The first-order valence-electron chi connectivity index (χ1n) is 12.3. The average Bonchev–Trinajstić information content (AvgIpc) is 3.14. The van der Waals surface area contributed by atoms with Crippen LogP contribution in [0.1, 0.15) is 57.8 Å². The van der Waals surface area contributed by atoms with Crippen LogP contribution in [0.15, 0.2) is 61.2 Å². The van der Waals surface area contributed by atoms with Crippen molar-refractivity contribution in [2.45, 2.75) is 82.2 Å². The van der Waals surface area contributed by atoms with Gasteiger partial charge in [-0.05, 0) is 43.5 Å². The largest absolute Gasteiger partial charge is 0.484 e. The first kappa shape index (κ1) is 26.2. The molecule has 1 aliphatic heterocycles. The lowest BCUT2D eigenvalue weighted by Crippen LogP contribution is -2.43. The molecule has 0 aromatic heterocycles. The van der Waals surface area contributed by atoms with Gasteiger partial charge in [0, 0.05) is 12.1 Å². The molecule has 4 atom stereocenters. The molecule has 2 aromatic rings. The van der Waals surface area contributed by atoms with Gasteiger partial charge in [-0.25, -0.2) is 8.78 Å². The van der Waals surface area contributed by atoms with Crippen LogP contribution >= 0.6 is 0 Å². The van der Waals surface area contributed by atoms with E-state index in [4.69, 9.17) is 14.2 Å². The van der Waals surface area contributed by atoms with E-state index in [-0.39, 0.29) is 12.7 Å². The third-order valence-corrected chi connectivity index (χ3v) is 6.12. The number of hydrogen-bond donors (Lipinski definition) is 1. The average molecular weight is 475 g/mol. The second-order valence-electron chi connectivity index (χ2n) is 8.82. The van der Waals surface area contributed by atoms with Crippen LogP contribution in [0.5, 0.6) is 11.5 Å².